The molecule has 7 nitrogen and oxygen atoms in total. The summed E-state index contributed by atoms with van der Waals surface area (Å²) in [4.78, 5) is 26.0. The zero-order valence-electron chi connectivity index (χ0n) is 16.0. The van der Waals surface area contributed by atoms with Gasteiger partial charge in [-0.25, -0.2) is 4.79 Å². The molecule has 0 spiro atoms. The minimum atomic E-state index is -0.514. The topological polar surface area (TPSA) is 77.1 Å². The van der Waals surface area contributed by atoms with Crippen LogP contribution in [0, 0.1) is 0 Å². The highest BCUT2D eigenvalue weighted by Gasteiger charge is 2.25. The summed E-state index contributed by atoms with van der Waals surface area (Å²) in [7, 11) is 0. The van der Waals surface area contributed by atoms with Gasteiger partial charge in [-0.05, 0) is 57.4 Å². The van der Waals surface area contributed by atoms with E-state index in [4.69, 9.17) is 14.2 Å². The quantitative estimate of drug-likeness (QED) is 0.823. The zero-order valence-corrected chi connectivity index (χ0v) is 16.0. The van der Waals surface area contributed by atoms with Crippen LogP contribution in [-0.2, 0) is 9.53 Å². The lowest BCUT2D eigenvalue weighted by molar-refractivity contribution is -0.127. The molecule has 0 radical (unpaired) electrons. The van der Waals surface area contributed by atoms with Crippen molar-refractivity contribution >= 4 is 18.1 Å². The number of rotatable bonds is 3. The fourth-order valence-corrected chi connectivity index (χ4v) is 3.01. The molecule has 3 rings (SSSR count). The molecular formula is C20H26N2O5. The fraction of sp³-hybridized carbons (Fsp3) is 0.500. The van der Waals surface area contributed by atoms with Crippen molar-refractivity contribution in [1.29, 1.82) is 0 Å². The number of carbonyl (C=O) groups is 2. The Balaban J connectivity index is 1.46. The number of hydrogen-bond donors (Lipinski definition) is 1. The van der Waals surface area contributed by atoms with Gasteiger partial charge in [0, 0.05) is 25.2 Å². The second-order valence-electron chi connectivity index (χ2n) is 7.69. The number of fused-ring (bicyclic) bond motifs is 1. The summed E-state index contributed by atoms with van der Waals surface area (Å²) in [5.41, 5.74) is 0.370. The molecule has 0 aliphatic carbocycles. The van der Waals surface area contributed by atoms with Gasteiger partial charge in [-0.1, -0.05) is 6.07 Å². The average Bonchev–Trinajstić information content (AvgIpc) is 3.06. The van der Waals surface area contributed by atoms with Crippen molar-refractivity contribution in [1.82, 2.24) is 10.2 Å². The smallest absolute Gasteiger partial charge is 0.407 e. The predicted octanol–water partition coefficient (Wildman–Crippen LogP) is 2.94. The molecule has 2 amide bonds. The molecule has 1 saturated heterocycles. The summed E-state index contributed by atoms with van der Waals surface area (Å²) >= 11 is 0. The first-order valence-electron chi connectivity index (χ1n) is 9.16. The van der Waals surface area contributed by atoms with Crippen LogP contribution in [0.2, 0.25) is 0 Å². The van der Waals surface area contributed by atoms with Crippen LogP contribution < -0.4 is 14.8 Å². The van der Waals surface area contributed by atoms with E-state index in [9.17, 15) is 9.59 Å². The van der Waals surface area contributed by atoms with Gasteiger partial charge in [0.2, 0.25) is 12.7 Å². The third kappa shape index (κ3) is 5.39. The fourth-order valence-electron chi connectivity index (χ4n) is 3.01. The lowest BCUT2D eigenvalue weighted by Crippen LogP contribution is -2.47. The summed E-state index contributed by atoms with van der Waals surface area (Å²) in [5, 5.41) is 2.87. The van der Waals surface area contributed by atoms with Gasteiger partial charge in [0.1, 0.15) is 5.60 Å². The standard InChI is InChI=1S/C20H26N2O5/c1-20(2,3)27-19(24)21-15-8-10-22(11-9-15)18(23)7-5-14-4-6-16-17(12-14)26-13-25-16/h4-7,12,15H,8-11,13H2,1-3H3,(H,21,24)/b7-5-. The molecule has 0 unspecified atom stereocenters. The highest BCUT2D eigenvalue weighted by molar-refractivity contribution is 5.92. The number of nitrogens with one attached hydrogen (secondary N) is 1. The van der Waals surface area contributed by atoms with E-state index in [1.165, 1.54) is 0 Å². The van der Waals surface area contributed by atoms with Gasteiger partial charge in [-0.15, -0.1) is 0 Å². The van der Waals surface area contributed by atoms with E-state index >= 15 is 0 Å². The minimum absolute atomic E-state index is 0.0294. The number of alkyl carbamates (subject to hydrolysis) is 1. The van der Waals surface area contributed by atoms with E-state index in [1.807, 2.05) is 39.0 Å². The van der Waals surface area contributed by atoms with Gasteiger partial charge >= 0.3 is 6.09 Å². The summed E-state index contributed by atoms with van der Waals surface area (Å²) in [6.45, 7) is 6.93. The Morgan fingerprint density at radius 2 is 1.89 bits per heavy atom. The first kappa shape index (κ1) is 19.1. The second-order valence-corrected chi connectivity index (χ2v) is 7.69. The zero-order chi connectivity index (χ0) is 19.4. The molecule has 2 aliphatic rings. The molecule has 1 N–H and O–H groups in total. The van der Waals surface area contributed by atoms with Crippen LogP contribution in [-0.4, -0.2) is 48.4 Å². The van der Waals surface area contributed by atoms with Gasteiger partial charge < -0.3 is 24.4 Å². The number of nitrogens with zero attached hydrogens (tertiary/aromatic N) is 1. The number of piperidine rings is 1. The van der Waals surface area contributed by atoms with E-state index < -0.39 is 11.7 Å². The average molecular weight is 374 g/mol. The van der Waals surface area contributed by atoms with Crippen LogP contribution >= 0.6 is 0 Å². The van der Waals surface area contributed by atoms with Crippen molar-refractivity contribution in [2.75, 3.05) is 19.9 Å². The van der Waals surface area contributed by atoms with Gasteiger partial charge in [0.05, 0.1) is 0 Å². The largest absolute Gasteiger partial charge is 0.454 e. The SMILES string of the molecule is CC(C)(C)OC(=O)NC1CCN(C(=O)/C=C\c2ccc3c(c2)OCO3)CC1. The third-order valence-electron chi connectivity index (χ3n) is 4.34. The molecule has 7 heteroatoms. The van der Waals surface area contributed by atoms with Crippen molar-refractivity contribution in [3.8, 4) is 11.5 Å². The summed E-state index contributed by atoms with van der Waals surface area (Å²) < 4.78 is 15.9. The minimum Gasteiger partial charge on any atom is -0.454 e. The maximum absolute atomic E-state index is 12.4. The first-order valence-corrected chi connectivity index (χ1v) is 9.16. The summed E-state index contributed by atoms with van der Waals surface area (Å²) in [5.74, 6) is 1.38. The molecule has 2 aliphatic heterocycles. The Kier molecular flexibility index (Phi) is 5.58. The second kappa shape index (κ2) is 7.90. The number of carbonyl (C=O) groups excluding carboxylic acids is 2. The Hall–Kier alpha value is -2.70. The molecule has 2 heterocycles. The van der Waals surface area contributed by atoms with Crippen molar-refractivity contribution in [3.05, 3.63) is 29.8 Å². The maximum atomic E-state index is 12.4. The van der Waals surface area contributed by atoms with E-state index in [0.717, 1.165) is 11.3 Å². The van der Waals surface area contributed by atoms with Crippen LogP contribution in [0.15, 0.2) is 24.3 Å². The molecule has 0 aromatic heterocycles. The Morgan fingerprint density at radius 1 is 1.19 bits per heavy atom. The number of likely N-dealkylation sites (tertiary alicyclic amines) is 1. The van der Waals surface area contributed by atoms with Crippen LogP contribution in [0.4, 0.5) is 4.79 Å². The molecular weight excluding hydrogens is 348 g/mol. The van der Waals surface area contributed by atoms with Crippen molar-refractivity contribution in [2.45, 2.75) is 45.3 Å². The van der Waals surface area contributed by atoms with Crippen molar-refractivity contribution in [3.63, 3.8) is 0 Å². The normalized spacial score (nSPS) is 17.2. The molecule has 1 fully saturated rings. The first-order chi connectivity index (χ1) is 12.8. The molecule has 1 aromatic carbocycles. The number of ether oxygens (including phenoxy) is 3. The van der Waals surface area contributed by atoms with Crippen LogP contribution in [0.25, 0.3) is 6.08 Å². The highest BCUT2D eigenvalue weighted by atomic mass is 16.7. The maximum Gasteiger partial charge on any atom is 0.407 e. The van der Waals surface area contributed by atoms with E-state index in [-0.39, 0.29) is 18.7 Å². The van der Waals surface area contributed by atoms with E-state index in [1.54, 1.807) is 17.1 Å². The molecule has 0 atom stereocenters. The summed E-state index contributed by atoms with van der Waals surface area (Å²) in [6, 6.07) is 5.60. The van der Waals surface area contributed by atoms with Crippen molar-refractivity contribution in [2.24, 2.45) is 0 Å². The van der Waals surface area contributed by atoms with Crippen LogP contribution in [0.5, 0.6) is 11.5 Å². The van der Waals surface area contributed by atoms with Gasteiger partial charge in [0.15, 0.2) is 11.5 Å². The Labute approximate surface area is 159 Å². The van der Waals surface area contributed by atoms with Crippen LogP contribution in [0.1, 0.15) is 39.2 Å². The molecule has 1 aromatic rings. The number of benzene rings is 1. The lowest BCUT2D eigenvalue weighted by Gasteiger charge is -2.32. The van der Waals surface area contributed by atoms with E-state index in [2.05, 4.69) is 5.32 Å². The van der Waals surface area contributed by atoms with Gasteiger partial charge in [-0.3, -0.25) is 4.79 Å². The molecule has 146 valence electrons. The van der Waals surface area contributed by atoms with E-state index in [0.29, 0.717) is 31.7 Å². The molecule has 0 saturated carbocycles. The Bertz CT molecular complexity index is 730. The van der Waals surface area contributed by atoms with Gasteiger partial charge in [0.25, 0.3) is 0 Å². The predicted molar refractivity (Wildman–Crippen MR) is 101 cm³/mol. The summed E-state index contributed by atoms with van der Waals surface area (Å²) in [6.07, 6.45) is 4.36. The van der Waals surface area contributed by atoms with Crippen molar-refractivity contribution < 1.29 is 23.8 Å². The lowest BCUT2D eigenvalue weighted by atomic mass is 10.1. The number of amides is 2. The molecule has 0 bridgehead atoms. The highest BCUT2D eigenvalue weighted by Crippen LogP contribution is 2.32. The number of hydrogen-bond acceptors (Lipinski definition) is 5. The van der Waals surface area contributed by atoms with Crippen LogP contribution in [0.3, 0.4) is 0 Å². The molecule has 27 heavy (non-hydrogen) atoms. The van der Waals surface area contributed by atoms with Gasteiger partial charge in [-0.2, -0.15) is 0 Å². The monoisotopic (exact) mass is 374 g/mol. The third-order valence-corrected chi connectivity index (χ3v) is 4.34. The Morgan fingerprint density at radius 3 is 2.59 bits per heavy atom.